The fourth-order valence-electron chi connectivity index (χ4n) is 1.37. The molecular weight excluding hydrogens is 256 g/mol. The largest absolute Gasteiger partial charge is 0.441 e. The Bertz CT molecular complexity index is 439. The SMILES string of the molecule is Cc1oc(-c2ccncc2)nc1CCBr. The Labute approximate surface area is 96.7 Å². The zero-order valence-corrected chi connectivity index (χ0v) is 9.99. The molecule has 0 amide bonds. The van der Waals surface area contributed by atoms with E-state index in [9.17, 15) is 0 Å². The minimum atomic E-state index is 0.672. The molecule has 0 aromatic carbocycles. The second-order valence-corrected chi connectivity index (χ2v) is 3.99. The van der Waals surface area contributed by atoms with E-state index in [1.165, 1.54) is 0 Å². The molecule has 0 N–H and O–H groups in total. The highest BCUT2D eigenvalue weighted by molar-refractivity contribution is 9.09. The smallest absolute Gasteiger partial charge is 0.226 e. The zero-order chi connectivity index (χ0) is 10.7. The molecule has 0 spiro atoms. The van der Waals surface area contributed by atoms with Crippen LogP contribution in [0.3, 0.4) is 0 Å². The van der Waals surface area contributed by atoms with Crippen molar-refractivity contribution in [2.24, 2.45) is 0 Å². The molecule has 2 rings (SSSR count). The molecule has 2 heterocycles. The first-order valence-corrected chi connectivity index (χ1v) is 5.86. The topological polar surface area (TPSA) is 38.9 Å². The average molecular weight is 267 g/mol. The number of alkyl halides is 1. The van der Waals surface area contributed by atoms with E-state index in [0.717, 1.165) is 28.8 Å². The van der Waals surface area contributed by atoms with Crippen LogP contribution >= 0.6 is 15.9 Å². The zero-order valence-electron chi connectivity index (χ0n) is 8.40. The molecule has 0 saturated carbocycles. The van der Waals surface area contributed by atoms with E-state index in [1.54, 1.807) is 12.4 Å². The predicted molar refractivity (Wildman–Crippen MR) is 62.0 cm³/mol. The van der Waals surface area contributed by atoms with Crippen molar-refractivity contribution in [3.8, 4) is 11.5 Å². The maximum atomic E-state index is 5.59. The van der Waals surface area contributed by atoms with Crippen molar-refractivity contribution in [2.75, 3.05) is 5.33 Å². The van der Waals surface area contributed by atoms with Gasteiger partial charge in [-0.25, -0.2) is 4.98 Å². The Morgan fingerprint density at radius 2 is 2.07 bits per heavy atom. The molecule has 78 valence electrons. The van der Waals surface area contributed by atoms with Crippen molar-refractivity contribution < 1.29 is 4.42 Å². The van der Waals surface area contributed by atoms with Crippen LogP contribution in [0.4, 0.5) is 0 Å². The molecule has 2 aromatic rings. The van der Waals surface area contributed by atoms with Gasteiger partial charge in [0.15, 0.2) is 0 Å². The van der Waals surface area contributed by atoms with Crippen LogP contribution in [0.1, 0.15) is 11.5 Å². The van der Waals surface area contributed by atoms with E-state index in [4.69, 9.17) is 4.42 Å². The molecule has 0 radical (unpaired) electrons. The van der Waals surface area contributed by atoms with Crippen LogP contribution in [-0.4, -0.2) is 15.3 Å². The average Bonchev–Trinajstić information content (AvgIpc) is 2.63. The van der Waals surface area contributed by atoms with Crippen molar-refractivity contribution in [2.45, 2.75) is 13.3 Å². The molecule has 0 atom stereocenters. The second-order valence-electron chi connectivity index (χ2n) is 3.20. The lowest BCUT2D eigenvalue weighted by atomic mass is 10.3. The Morgan fingerprint density at radius 3 is 2.73 bits per heavy atom. The maximum Gasteiger partial charge on any atom is 0.226 e. The van der Waals surface area contributed by atoms with Crippen LogP contribution in [0.5, 0.6) is 0 Å². The van der Waals surface area contributed by atoms with Crippen LogP contribution in [0, 0.1) is 6.92 Å². The quantitative estimate of drug-likeness (QED) is 0.802. The molecule has 3 nitrogen and oxygen atoms in total. The summed E-state index contributed by atoms with van der Waals surface area (Å²) < 4.78 is 5.59. The fraction of sp³-hybridized carbons (Fsp3) is 0.273. The molecule has 0 unspecified atom stereocenters. The monoisotopic (exact) mass is 266 g/mol. The molecule has 2 aromatic heterocycles. The summed E-state index contributed by atoms with van der Waals surface area (Å²) in [6.07, 6.45) is 4.36. The van der Waals surface area contributed by atoms with E-state index < -0.39 is 0 Å². The summed E-state index contributed by atoms with van der Waals surface area (Å²) in [6, 6.07) is 3.78. The summed E-state index contributed by atoms with van der Waals surface area (Å²) in [5.74, 6) is 1.56. The highest BCUT2D eigenvalue weighted by Crippen LogP contribution is 2.21. The minimum Gasteiger partial charge on any atom is -0.441 e. The third-order valence-electron chi connectivity index (χ3n) is 2.15. The van der Waals surface area contributed by atoms with Crippen LogP contribution < -0.4 is 0 Å². The van der Waals surface area contributed by atoms with E-state index in [-0.39, 0.29) is 0 Å². The summed E-state index contributed by atoms with van der Waals surface area (Å²) in [6.45, 7) is 1.94. The maximum absolute atomic E-state index is 5.59. The van der Waals surface area contributed by atoms with E-state index >= 15 is 0 Å². The standard InChI is InChI=1S/C11H11BrN2O/c1-8-10(2-5-12)14-11(15-8)9-3-6-13-7-4-9/h3-4,6-7H,2,5H2,1H3. The van der Waals surface area contributed by atoms with Gasteiger partial charge in [-0.15, -0.1) is 0 Å². The van der Waals surface area contributed by atoms with Gasteiger partial charge in [-0.2, -0.15) is 0 Å². The third kappa shape index (κ3) is 2.26. The number of rotatable bonds is 3. The molecule has 0 aliphatic rings. The third-order valence-corrected chi connectivity index (χ3v) is 2.55. The Kier molecular flexibility index (Phi) is 3.16. The summed E-state index contributed by atoms with van der Waals surface area (Å²) in [4.78, 5) is 8.40. The molecule has 0 fully saturated rings. The van der Waals surface area contributed by atoms with Crippen molar-refractivity contribution in [3.05, 3.63) is 36.0 Å². The number of nitrogens with zero attached hydrogens (tertiary/aromatic N) is 2. The molecule has 0 aliphatic heterocycles. The van der Waals surface area contributed by atoms with Crippen LogP contribution in [0.15, 0.2) is 28.9 Å². The summed E-state index contributed by atoms with van der Waals surface area (Å²) in [5.41, 5.74) is 1.98. The molecule has 0 aliphatic carbocycles. The van der Waals surface area contributed by atoms with E-state index in [1.807, 2.05) is 19.1 Å². The van der Waals surface area contributed by atoms with Crippen molar-refractivity contribution >= 4 is 15.9 Å². The lowest BCUT2D eigenvalue weighted by molar-refractivity contribution is 0.540. The Hall–Kier alpha value is -1.16. The van der Waals surface area contributed by atoms with Gasteiger partial charge in [0.25, 0.3) is 0 Å². The van der Waals surface area contributed by atoms with Crippen LogP contribution in [0.25, 0.3) is 11.5 Å². The van der Waals surface area contributed by atoms with Gasteiger partial charge in [-0.1, -0.05) is 15.9 Å². The number of pyridine rings is 1. The van der Waals surface area contributed by atoms with Crippen LogP contribution in [-0.2, 0) is 6.42 Å². The van der Waals surface area contributed by atoms with Gasteiger partial charge in [-0.3, -0.25) is 4.98 Å². The van der Waals surface area contributed by atoms with Gasteiger partial charge in [0, 0.05) is 29.7 Å². The number of hydrogen-bond acceptors (Lipinski definition) is 3. The normalized spacial score (nSPS) is 10.5. The number of oxazole rings is 1. The summed E-state index contributed by atoms with van der Waals surface area (Å²) in [7, 11) is 0. The summed E-state index contributed by atoms with van der Waals surface area (Å²) in [5, 5.41) is 0.899. The highest BCUT2D eigenvalue weighted by atomic mass is 79.9. The number of aryl methyl sites for hydroxylation is 2. The first kappa shape index (κ1) is 10.4. The van der Waals surface area contributed by atoms with Crippen molar-refractivity contribution in [1.82, 2.24) is 9.97 Å². The first-order chi connectivity index (χ1) is 7.31. The molecule has 0 bridgehead atoms. The van der Waals surface area contributed by atoms with Crippen LogP contribution in [0.2, 0.25) is 0 Å². The number of aromatic nitrogens is 2. The minimum absolute atomic E-state index is 0.672. The first-order valence-electron chi connectivity index (χ1n) is 4.74. The van der Waals surface area contributed by atoms with Gasteiger partial charge in [0.2, 0.25) is 5.89 Å². The van der Waals surface area contributed by atoms with E-state index in [0.29, 0.717) is 5.89 Å². The lowest BCUT2D eigenvalue weighted by Gasteiger charge is -1.91. The lowest BCUT2D eigenvalue weighted by Crippen LogP contribution is -1.88. The Balaban J connectivity index is 2.34. The van der Waals surface area contributed by atoms with E-state index in [2.05, 4.69) is 25.9 Å². The highest BCUT2D eigenvalue weighted by Gasteiger charge is 2.09. The van der Waals surface area contributed by atoms with Crippen molar-refractivity contribution in [1.29, 1.82) is 0 Å². The van der Waals surface area contributed by atoms with Gasteiger partial charge in [0.1, 0.15) is 5.76 Å². The molecular formula is C11H11BrN2O. The number of hydrogen-bond donors (Lipinski definition) is 0. The van der Waals surface area contributed by atoms with Gasteiger partial charge in [0.05, 0.1) is 5.69 Å². The summed E-state index contributed by atoms with van der Waals surface area (Å²) >= 11 is 3.39. The van der Waals surface area contributed by atoms with Gasteiger partial charge in [-0.05, 0) is 19.1 Å². The molecule has 4 heteroatoms. The van der Waals surface area contributed by atoms with Crippen molar-refractivity contribution in [3.63, 3.8) is 0 Å². The Morgan fingerprint density at radius 1 is 1.33 bits per heavy atom. The van der Waals surface area contributed by atoms with Gasteiger partial charge >= 0.3 is 0 Å². The molecule has 15 heavy (non-hydrogen) atoms. The molecule has 0 saturated heterocycles. The fourth-order valence-corrected chi connectivity index (χ4v) is 1.74. The van der Waals surface area contributed by atoms with Gasteiger partial charge < -0.3 is 4.42 Å². The second kappa shape index (κ2) is 4.57. The predicted octanol–water partition coefficient (Wildman–Crippen LogP) is 2.98. The number of halogens is 1.